The van der Waals surface area contributed by atoms with E-state index in [-0.39, 0.29) is 0 Å². The highest BCUT2D eigenvalue weighted by Crippen LogP contribution is 2.57. The number of nitrogens with zero attached hydrogens (tertiary/aromatic N) is 2. The van der Waals surface area contributed by atoms with Crippen LogP contribution in [-0.2, 0) is 5.41 Å². The van der Waals surface area contributed by atoms with Gasteiger partial charge in [-0.05, 0) is 76.1 Å². The summed E-state index contributed by atoms with van der Waals surface area (Å²) < 4.78 is 0. The van der Waals surface area contributed by atoms with Crippen LogP contribution in [0.25, 0.3) is 55.8 Å². The molecule has 0 saturated carbocycles. The highest BCUT2D eigenvalue weighted by Gasteiger charge is 2.45. The largest absolute Gasteiger partial charge is 0.228 e. The summed E-state index contributed by atoms with van der Waals surface area (Å²) in [6.45, 7) is 0. The van der Waals surface area contributed by atoms with Gasteiger partial charge in [0.05, 0.1) is 16.6 Å². The lowest BCUT2D eigenvalue weighted by Gasteiger charge is -2.44. The molecular formula is C51H36N2S. The van der Waals surface area contributed by atoms with E-state index in [0.717, 1.165) is 46.4 Å². The summed E-state index contributed by atoms with van der Waals surface area (Å²) >= 11 is 1.89. The van der Waals surface area contributed by atoms with Gasteiger partial charge in [-0.1, -0.05) is 187 Å². The molecule has 0 radical (unpaired) electrons. The molecule has 1 aromatic heterocycles. The minimum absolute atomic E-state index is 0.394. The maximum atomic E-state index is 5.12. The van der Waals surface area contributed by atoms with Crippen molar-refractivity contribution in [2.75, 3.05) is 0 Å². The minimum atomic E-state index is -0.394. The fraction of sp³-hybridized carbons (Fsp3) is 0.0588. The SMILES string of the molecule is C1=CCCC(C2(c3ccccc3)c3ccccc3Sc3ccc(-c4ccccc4-c4ccc(-c5nc(-c6ccccc6)nc6ccccc56)cc4)cc32)=C1. The molecule has 1 aliphatic heterocycles. The average molecular weight is 709 g/mol. The normalized spacial score (nSPS) is 16.0. The molecule has 1 aliphatic carbocycles. The number of aromatic nitrogens is 2. The summed E-state index contributed by atoms with van der Waals surface area (Å²) in [4.78, 5) is 12.7. The Bertz CT molecular complexity index is 2730. The standard InChI is InChI=1S/C51H36N2S/c1-4-16-37(17-5-1)50-52-46-26-14-12-24-43(46)49(53-50)36-30-28-35(29-31-36)41-22-10-11-23-42(41)38-32-33-48-45(34-38)51(39-18-6-2-7-19-39,40-20-8-3-9-21-40)44-25-13-15-27-47(44)54-48/h1-8,10-20,22-34H,9,21H2. The fourth-order valence-corrected chi connectivity index (χ4v) is 9.63. The molecule has 0 N–H and O–H groups in total. The van der Waals surface area contributed by atoms with Crippen molar-refractivity contribution in [1.29, 1.82) is 0 Å². The van der Waals surface area contributed by atoms with Crippen molar-refractivity contribution in [2.24, 2.45) is 0 Å². The minimum Gasteiger partial charge on any atom is -0.228 e. The predicted octanol–water partition coefficient (Wildman–Crippen LogP) is 13.4. The van der Waals surface area contributed by atoms with Crippen LogP contribution >= 0.6 is 11.8 Å². The Hall–Kier alpha value is -6.29. The molecule has 2 nitrogen and oxygen atoms in total. The van der Waals surface area contributed by atoms with Gasteiger partial charge in [0.15, 0.2) is 5.82 Å². The van der Waals surface area contributed by atoms with Crippen molar-refractivity contribution in [3.8, 4) is 44.9 Å². The van der Waals surface area contributed by atoms with Crippen LogP contribution in [0, 0.1) is 0 Å². The lowest BCUT2D eigenvalue weighted by molar-refractivity contribution is 0.646. The van der Waals surface area contributed by atoms with Gasteiger partial charge in [-0.3, -0.25) is 0 Å². The predicted molar refractivity (Wildman–Crippen MR) is 225 cm³/mol. The first-order valence-electron chi connectivity index (χ1n) is 18.6. The Morgan fingerprint density at radius 1 is 0.500 bits per heavy atom. The van der Waals surface area contributed by atoms with Gasteiger partial charge < -0.3 is 0 Å². The number of rotatable bonds is 6. The smallest absolute Gasteiger partial charge is 0.160 e. The maximum absolute atomic E-state index is 5.12. The van der Waals surface area contributed by atoms with E-state index in [1.807, 2.05) is 36.0 Å². The molecule has 1 atom stereocenters. The van der Waals surface area contributed by atoms with Gasteiger partial charge in [-0.25, -0.2) is 9.97 Å². The lowest BCUT2D eigenvalue weighted by Crippen LogP contribution is -2.35. The molecule has 8 aromatic rings. The fourth-order valence-electron chi connectivity index (χ4n) is 8.46. The Morgan fingerprint density at radius 3 is 1.94 bits per heavy atom. The molecule has 0 saturated heterocycles. The zero-order chi connectivity index (χ0) is 35.9. The molecule has 2 heterocycles. The number of hydrogen-bond acceptors (Lipinski definition) is 3. The quantitative estimate of drug-likeness (QED) is 0.172. The van der Waals surface area contributed by atoms with E-state index in [0.29, 0.717) is 0 Å². The van der Waals surface area contributed by atoms with E-state index < -0.39 is 5.41 Å². The van der Waals surface area contributed by atoms with Gasteiger partial charge in [0.2, 0.25) is 0 Å². The molecule has 1 unspecified atom stereocenters. The van der Waals surface area contributed by atoms with E-state index in [2.05, 4.69) is 170 Å². The van der Waals surface area contributed by atoms with E-state index in [1.165, 1.54) is 54.3 Å². The van der Waals surface area contributed by atoms with Crippen molar-refractivity contribution in [3.63, 3.8) is 0 Å². The number of benzene rings is 7. The Morgan fingerprint density at radius 2 is 1.15 bits per heavy atom. The number of para-hydroxylation sites is 1. The van der Waals surface area contributed by atoms with Crippen molar-refractivity contribution in [1.82, 2.24) is 9.97 Å². The van der Waals surface area contributed by atoms with Crippen LogP contribution in [0.3, 0.4) is 0 Å². The summed E-state index contributed by atoms with van der Waals surface area (Å²) in [6, 6.07) is 63.6. The molecule has 10 rings (SSSR count). The van der Waals surface area contributed by atoms with Crippen molar-refractivity contribution < 1.29 is 0 Å². The number of allylic oxidation sites excluding steroid dienone is 4. The van der Waals surface area contributed by atoms with Crippen molar-refractivity contribution in [2.45, 2.75) is 28.0 Å². The van der Waals surface area contributed by atoms with Crippen molar-refractivity contribution in [3.05, 3.63) is 216 Å². The summed E-state index contributed by atoms with van der Waals surface area (Å²) in [5, 5.41) is 1.05. The number of fused-ring (bicyclic) bond motifs is 3. The second-order valence-electron chi connectivity index (χ2n) is 14.0. The van der Waals surface area contributed by atoms with Gasteiger partial charge in [0, 0.05) is 26.3 Å². The molecule has 0 amide bonds. The summed E-state index contributed by atoms with van der Waals surface area (Å²) in [7, 11) is 0. The van der Waals surface area contributed by atoms with Crippen molar-refractivity contribution >= 4 is 22.7 Å². The van der Waals surface area contributed by atoms with Crippen LogP contribution in [0.5, 0.6) is 0 Å². The molecule has 256 valence electrons. The van der Waals surface area contributed by atoms with Gasteiger partial charge in [0.1, 0.15) is 0 Å². The highest BCUT2D eigenvalue weighted by molar-refractivity contribution is 7.99. The first-order chi connectivity index (χ1) is 26.8. The Balaban J connectivity index is 1.10. The summed E-state index contributed by atoms with van der Waals surface area (Å²) in [5.41, 5.74) is 13.8. The van der Waals surface area contributed by atoms with E-state index >= 15 is 0 Å². The Kier molecular flexibility index (Phi) is 8.15. The average Bonchev–Trinajstić information content (AvgIpc) is 3.26. The Labute approximate surface area is 320 Å². The molecule has 2 aliphatic rings. The van der Waals surface area contributed by atoms with E-state index in [4.69, 9.17) is 9.97 Å². The third-order valence-electron chi connectivity index (χ3n) is 10.9. The van der Waals surface area contributed by atoms with Gasteiger partial charge in [0.25, 0.3) is 0 Å². The third kappa shape index (κ3) is 5.43. The van der Waals surface area contributed by atoms with Crippen LogP contribution in [0.15, 0.2) is 210 Å². The van der Waals surface area contributed by atoms with Crippen LogP contribution in [0.1, 0.15) is 29.5 Å². The molecule has 0 fully saturated rings. The molecular weight excluding hydrogens is 673 g/mol. The third-order valence-corrected chi connectivity index (χ3v) is 12.1. The topological polar surface area (TPSA) is 25.8 Å². The van der Waals surface area contributed by atoms with Crippen LogP contribution < -0.4 is 0 Å². The van der Waals surface area contributed by atoms with E-state index in [1.54, 1.807) is 0 Å². The molecule has 3 heteroatoms. The molecule has 7 aromatic carbocycles. The maximum Gasteiger partial charge on any atom is 0.160 e. The molecule has 54 heavy (non-hydrogen) atoms. The molecule has 0 bridgehead atoms. The van der Waals surface area contributed by atoms with Gasteiger partial charge >= 0.3 is 0 Å². The van der Waals surface area contributed by atoms with E-state index in [9.17, 15) is 0 Å². The zero-order valence-corrected chi connectivity index (χ0v) is 30.5. The summed E-state index contributed by atoms with van der Waals surface area (Å²) in [6.07, 6.45) is 8.98. The van der Waals surface area contributed by atoms with Gasteiger partial charge in [-0.15, -0.1) is 0 Å². The van der Waals surface area contributed by atoms with Crippen LogP contribution in [0.2, 0.25) is 0 Å². The second kappa shape index (κ2) is 13.6. The molecule has 0 spiro atoms. The lowest BCUT2D eigenvalue weighted by atomic mass is 9.62. The first-order valence-corrected chi connectivity index (χ1v) is 19.4. The van der Waals surface area contributed by atoms with Crippen LogP contribution in [-0.4, -0.2) is 9.97 Å². The monoisotopic (exact) mass is 708 g/mol. The first kappa shape index (κ1) is 32.4. The number of hydrogen-bond donors (Lipinski definition) is 0. The van der Waals surface area contributed by atoms with Crippen LogP contribution in [0.4, 0.5) is 0 Å². The highest BCUT2D eigenvalue weighted by atomic mass is 32.2. The zero-order valence-electron chi connectivity index (χ0n) is 29.7. The van der Waals surface area contributed by atoms with Gasteiger partial charge in [-0.2, -0.15) is 0 Å². The second-order valence-corrected chi connectivity index (χ2v) is 15.1. The summed E-state index contributed by atoms with van der Waals surface area (Å²) in [5.74, 6) is 0.735.